The highest BCUT2D eigenvalue weighted by Gasteiger charge is 2.26. The molecule has 0 aliphatic carbocycles. The predicted octanol–water partition coefficient (Wildman–Crippen LogP) is 3.35. The normalized spacial score (nSPS) is 11.5. The van der Waals surface area contributed by atoms with Gasteiger partial charge in [-0.15, -0.1) is 0 Å². The Bertz CT molecular complexity index is 829. The fourth-order valence-corrected chi connectivity index (χ4v) is 2.37. The number of benzene rings is 1. The van der Waals surface area contributed by atoms with Gasteiger partial charge in [-0.1, -0.05) is 15.9 Å². The second-order valence-corrected chi connectivity index (χ2v) is 6.68. The molecular formula is C15H17BrN2O5. The third kappa shape index (κ3) is 3.47. The number of halogens is 1. The van der Waals surface area contributed by atoms with E-state index < -0.39 is 23.5 Å². The Balaban J connectivity index is 2.71. The van der Waals surface area contributed by atoms with Crippen molar-refractivity contribution in [3.05, 3.63) is 33.2 Å². The summed E-state index contributed by atoms with van der Waals surface area (Å²) in [6.07, 6.45) is -1.69. The summed E-state index contributed by atoms with van der Waals surface area (Å²) >= 11 is 3.28. The Labute approximate surface area is 140 Å². The molecule has 0 aliphatic heterocycles. The quantitative estimate of drug-likeness (QED) is 0.752. The second kappa shape index (κ2) is 6.19. The molecule has 0 spiro atoms. The van der Waals surface area contributed by atoms with Crippen molar-refractivity contribution in [3.8, 4) is 0 Å². The highest BCUT2D eigenvalue weighted by Crippen LogP contribution is 2.20. The lowest BCUT2D eigenvalue weighted by molar-refractivity contribution is 0.0537. The molecule has 0 saturated heterocycles. The van der Waals surface area contributed by atoms with Gasteiger partial charge in [-0.05, 0) is 45.9 Å². The van der Waals surface area contributed by atoms with E-state index in [2.05, 4.69) is 15.9 Å². The number of nitrogens with zero attached hydrogens (tertiary/aromatic N) is 2. The van der Waals surface area contributed by atoms with E-state index >= 15 is 0 Å². The van der Waals surface area contributed by atoms with E-state index in [1.54, 1.807) is 45.9 Å². The highest BCUT2D eigenvalue weighted by atomic mass is 79.9. The summed E-state index contributed by atoms with van der Waals surface area (Å²) in [5.74, 6) is 0. The van der Waals surface area contributed by atoms with Crippen molar-refractivity contribution >= 4 is 39.1 Å². The van der Waals surface area contributed by atoms with Gasteiger partial charge in [-0.2, -0.15) is 9.13 Å². The Morgan fingerprint density at radius 1 is 1.13 bits per heavy atom. The van der Waals surface area contributed by atoms with E-state index in [-0.39, 0.29) is 17.6 Å². The minimum atomic E-state index is -0.849. The number of carbonyl (C=O) groups is 2. The van der Waals surface area contributed by atoms with Crippen LogP contribution >= 0.6 is 15.9 Å². The molecule has 124 valence electrons. The van der Waals surface area contributed by atoms with E-state index in [9.17, 15) is 14.4 Å². The van der Waals surface area contributed by atoms with Crippen molar-refractivity contribution in [2.45, 2.75) is 33.3 Å². The maximum absolute atomic E-state index is 12.6. The van der Waals surface area contributed by atoms with E-state index in [0.717, 1.165) is 9.13 Å². The van der Waals surface area contributed by atoms with E-state index in [1.807, 2.05) is 0 Å². The van der Waals surface area contributed by atoms with Crippen LogP contribution in [0.4, 0.5) is 9.59 Å². The molecule has 7 nitrogen and oxygen atoms in total. The number of ether oxygens (including phenoxy) is 2. The second-order valence-electron chi connectivity index (χ2n) is 5.77. The molecular weight excluding hydrogens is 368 g/mol. The fourth-order valence-electron chi connectivity index (χ4n) is 2.02. The van der Waals surface area contributed by atoms with Gasteiger partial charge < -0.3 is 9.47 Å². The molecule has 8 heteroatoms. The predicted molar refractivity (Wildman–Crippen MR) is 88.0 cm³/mol. The summed E-state index contributed by atoms with van der Waals surface area (Å²) in [5, 5.41) is 0. The number of hydrogen-bond donors (Lipinski definition) is 0. The van der Waals surface area contributed by atoms with Gasteiger partial charge in [0.15, 0.2) is 0 Å². The first kappa shape index (κ1) is 17.3. The molecule has 23 heavy (non-hydrogen) atoms. The monoisotopic (exact) mass is 384 g/mol. The molecule has 0 amide bonds. The Hall–Kier alpha value is -2.09. The van der Waals surface area contributed by atoms with Gasteiger partial charge in [0, 0.05) is 4.47 Å². The number of fused-ring (bicyclic) bond motifs is 1. The van der Waals surface area contributed by atoms with Crippen molar-refractivity contribution in [2.24, 2.45) is 0 Å². The first-order valence-electron chi connectivity index (χ1n) is 6.99. The number of imidazole rings is 1. The van der Waals surface area contributed by atoms with Crippen molar-refractivity contribution in [2.75, 3.05) is 6.61 Å². The third-order valence-electron chi connectivity index (χ3n) is 2.83. The minimum absolute atomic E-state index is 0.110. The molecule has 0 saturated carbocycles. The van der Waals surface area contributed by atoms with E-state index in [1.165, 1.54) is 0 Å². The zero-order valence-electron chi connectivity index (χ0n) is 13.3. The summed E-state index contributed by atoms with van der Waals surface area (Å²) in [7, 11) is 0. The average Bonchev–Trinajstić information content (AvgIpc) is 2.68. The van der Waals surface area contributed by atoms with Crippen LogP contribution in [0.5, 0.6) is 0 Å². The molecule has 0 N–H and O–H groups in total. The van der Waals surface area contributed by atoms with Gasteiger partial charge in [-0.3, -0.25) is 0 Å². The van der Waals surface area contributed by atoms with E-state index in [0.29, 0.717) is 4.47 Å². The SMILES string of the molecule is CCOC(=O)n1c(=O)n(C(=O)OC(C)(C)C)c2ccc(Br)cc21. The van der Waals surface area contributed by atoms with E-state index in [4.69, 9.17) is 9.47 Å². The smallest absolute Gasteiger partial charge is 0.423 e. The van der Waals surface area contributed by atoms with Gasteiger partial charge in [0.2, 0.25) is 0 Å². The Kier molecular flexibility index (Phi) is 4.65. The third-order valence-corrected chi connectivity index (χ3v) is 3.32. The summed E-state index contributed by atoms with van der Waals surface area (Å²) in [5.41, 5.74) is -1.08. The molecule has 0 radical (unpaired) electrons. The van der Waals surface area contributed by atoms with Crippen molar-refractivity contribution in [3.63, 3.8) is 0 Å². The molecule has 1 aromatic heterocycles. The summed E-state index contributed by atoms with van der Waals surface area (Å²) in [6, 6.07) is 4.78. The zero-order chi connectivity index (χ0) is 17.4. The summed E-state index contributed by atoms with van der Waals surface area (Å²) in [4.78, 5) is 37.0. The van der Waals surface area contributed by atoms with Crippen LogP contribution in [0.25, 0.3) is 11.0 Å². The number of aromatic nitrogens is 2. The molecule has 2 rings (SSSR count). The number of rotatable bonds is 1. The minimum Gasteiger partial charge on any atom is -0.449 e. The van der Waals surface area contributed by atoms with Crippen LogP contribution in [0.15, 0.2) is 27.5 Å². The molecule has 0 aliphatic rings. The number of hydrogen-bond acceptors (Lipinski definition) is 5. The lowest BCUT2D eigenvalue weighted by atomic mass is 10.2. The zero-order valence-corrected chi connectivity index (χ0v) is 14.8. The Morgan fingerprint density at radius 3 is 2.30 bits per heavy atom. The van der Waals surface area contributed by atoms with Crippen LogP contribution in [0.3, 0.4) is 0 Å². The topological polar surface area (TPSA) is 79.5 Å². The first-order chi connectivity index (χ1) is 10.7. The summed E-state index contributed by atoms with van der Waals surface area (Å²) in [6.45, 7) is 6.81. The van der Waals surface area contributed by atoms with Crippen LogP contribution < -0.4 is 5.69 Å². The molecule has 1 aromatic carbocycles. The number of carbonyl (C=O) groups excluding carboxylic acids is 2. The molecule has 0 fully saturated rings. The van der Waals surface area contributed by atoms with Crippen LogP contribution in [-0.4, -0.2) is 33.5 Å². The molecule has 1 heterocycles. The largest absolute Gasteiger partial charge is 0.449 e. The van der Waals surface area contributed by atoms with Crippen molar-refractivity contribution in [1.29, 1.82) is 0 Å². The van der Waals surface area contributed by atoms with Crippen LogP contribution in [0, 0.1) is 0 Å². The van der Waals surface area contributed by atoms with Crippen LogP contribution in [-0.2, 0) is 9.47 Å². The molecule has 0 bridgehead atoms. The van der Waals surface area contributed by atoms with Crippen LogP contribution in [0.2, 0.25) is 0 Å². The lowest BCUT2D eigenvalue weighted by Crippen LogP contribution is -2.36. The van der Waals surface area contributed by atoms with Gasteiger partial charge >= 0.3 is 17.9 Å². The standard InChI is InChI=1S/C15H17BrN2O5/c1-5-22-13(20)18-11-8-9(16)6-7-10(11)17(12(18)19)14(21)23-15(2,3)4/h6-8H,5H2,1-4H3. The highest BCUT2D eigenvalue weighted by molar-refractivity contribution is 9.10. The van der Waals surface area contributed by atoms with Gasteiger partial charge in [-0.25, -0.2) is 14.4 Å². The molecule has 0 unspecified atom stereocenters. The average molecular weight is 385 g/mol. The lowest BCUT2D eigenvalue weighted by Gasteiger charge is -2.19. The fraction of sp³-hybridized carbons (Fsp3) is 0.400. The van der Waals surface area contributed by atoms with Gasteiger partial charge in [0.1, 0.15) is 5.60 Å². The Morgan fingerprint density at radius 2 is 1.74 bits per heavy atom. The van der Waals surface area contributed by atoms with Crippen molar-refractivity contribution < 1.29 is 19.1 Å². The molecule has 0 atom stereocenters. The van der Waals surface area contributed by atoms with Crippen LogP contribution in [0.1, 0.15) is 27.7 Å². The van der Waals surface area contributed by atoms with Crippen molar-refractivity contribution in [1.82, 2.24) is 9.13 Å². The molecule has 2 aromatic rings. The van der Waals surface area contributed by atoms with Gasteiger partial charge in [0.05, 0.1) is 17.6 Å². The first-order valence-corrected chi connectivity index (χ1v) is 7.78. The maximum Gasteiger partial charge on any atom is 0.423 e. The maximum atomic E-state index is 12.6. The summed E-state index contributed by atoms with van der Waals surface area (Å²) < 4.78 is 12.4. The van der Waals surface area contributed by atoms with Gasteiger partial charge in [0.25, 0.3) is 0 Å².